The summed E-state index contributed by atoms with van der Waals surface area (Å²) < 4.78 is 28.7. The molecular formula is C43H88N2O3P+. The summed E-state index contributed by atoms with van der Waals surface area (Å²) >= 11 is 0. The Bertz CT molecular complexity index is 732. The fourth-order valence-corrected chi connectivity index (χ4v) is 7.76. The second kappa shape index (κ2) is 35.9. The standard InChI is InChI=1S/C43H88N2O3P/c1-7-9-11-13-15-17-19-21-23-25-27-29-31-33-35-37-42-47-49(46,44(3)40-39-41-45(4,5)6)48-43-38-36-34-32-30-28-26-24-22-20-18-16-14-12-10-8-2/h21-24H,7-20,25-43H2,1-6H3/q+1/b23-21+,24-22+. The normalized spacial score (nSPS) is 12.8. The van der Waals surface area contributed by atoms with Crippen LogP contribution in [0.5, 0.6) is 0 Å². The van der Waals surface area contributed by atoms with Crippen molar-refractivity contribution in [2.45, 2.75) is 200 Å². The molecule has 0 N–H and O–H groups in total. The number of unbranched alkanes of at least 4 members (excludes halogenated alkanes) is 24. The quantitative estimate of drug-likeness (QED) is 0.0275. The first-order valence-corrected chi connectivity index (χ1v) is 23.0. The van der Waals surface area contributed by atoms with Gasteiger partial charge in [-0.3, -0.25) is 9.05 Å². The van der Waals surface area contributed by atoms with Crippen LogP contribution in [0.4, 0.5) is 0 Å². The molecule has 49 heavy (non-hydrogen) atoms. The van der Waals surface area contributed by atoms with E-state index in [0.717, 1.165) is 49.7 Å². The molecule has 0 bridgehead atoms. The van der Waals surface area contributed by atoms with Gasteiger partial charge in [0.1, 0.15) is 0 Å². The van der Waals surface area contributed by atoms with Crippen molar-refractivity contribution in [1.29, 1.82) is 0 Å². The van der Waals surface area contributed by atoms with Gasteiger partial charge in [0.05, 0.1) is 40.9 Å². The van der Waals surface area contributed by atoms with Gasteiger partial charge >= 0.3 is 7.75 Å². The van der Waals surface area contributed by atoms with E-state index in [4.69, 9.17) is 9.05 Å². The fourth-order valence-electron chi connectivity index (χ4n) is 6.19. The molecule has 0 aromatic rings. The Morgan fingerprint density at radius 2 is 0.776 bits per heavy atom. The Labute approximate surface area is 308 Å². The third kappa shape index (κ3) is 35.7. The van der Waals surface area contributed by atoms with Crippen molar-refractivity contribution in [2.24, 2.45) is 0 Å². The van der Waals surface area contributed by atoms with Crippen molar-refractivity contribution >= 4 is 7.75 Å². The van der Waals surface area contributed by atoms with E-state index in [1.807, 2.05) is 11.7 Å². The zero-order chi connectivity index (χ0) is 36.2. The first-order chi connectivity index (χ1) is 23.7. The lowest BCUT2D eigenvalue weighted by Crippen LogP contribution is -2.36. The predicted octanol–water partition coefficient (Wildman–Crippen LogP) is 14.2. The molecular weight excluding hydrogens is 623 g/mol. The molecule has 0 rings (SSSR count). The summed E-state index contributed by atoms with van der Waals surface area (Å²) in [5.41, 5.74) is 0. The van der Waals surface area contributed by atoms with Gasteiger partial charge in [0.15, 0.2) is 0 Å². The zero-order valence-corrected chi connectivity index (χ0v) is 35.1. The molecule has 0 spiro atoms. The highest BCUT2D eigenvalue weighted by Crippen LogP contribution is 2.51. The van der Waals surface area contributed by atoms with Crippen LogP contribution in [0.1, 0.15) is 200 Å². The van der Waals surface area contributed by atoms with Gasteiger partial charge in [0, 0.05) is 13.0 Å². The van der Waals surface area contributed by atoms with Crippen LogP contribution in [0.2, 0.25) is 0 Å². The average molecular weight is 712 g/mol. The third-order valence-electron chi connectivity index (χ3n) is 9.55. The largest absolute Gasteiger partial charge is 0.407 e. The summed E-state index contributed by atoms with van der Waals surface area (Å²) in [6, 6.07) is 0. The van der Waals surface area contributed by atoms with E-state index in [-0.39, 0.29) is 0 Å². The second-order valence-electron chi connectivity index (χ2n) is 15.8. The molecule has 0 aliphatic heterocycles. The maximum atomic E-state index is 13.9. The van der Waals surface area contributed by atoms with Gasteiger partial charge in [0.25, 0.3) is 0 Å². The summed E-state index contributed by atoms with van der Waals surface area (Å²) in [5, 5.41) is 0. The smallest absolute Gasteiger partial charge is 0.331 e. The summed E-state index contributed by atoms with van der Waals surface area (Å²) in [5.74, 6) is 0. The Hall–Kier alpha value is -0.450. The van der Waals surface area contributed by atoms with Crippen molar-refractivity contribution in [3.05, 3.63) is 24.3 Å². The minimum Gasteiger partial charge on any atom is -0.331 e. The molecule has 0 radical (unpaired) electrons. The number of allylic oxidation sites excluding steroid dienone is 4. The van der Waals surface area contributed by atoms with Gasteiger partial charge in [-0.2, -0.15) is 0 Å². The van der Waals surface area contributed by atoms with Crippen LogP contribution in [0.15, 0.2) is 24.3 Å². The third-order valence-corrected chi connectivity index (χ3v) is 11.6. The summed E-state index contributed by atoms with van der Waals surface area (Å²) in [7, 11) is 5.27. The molecule has 0 saturated carbocycles. The SMILES string of the molecule is CCCCCCCC/C=C/CCCCCCCCOP(=O)(OCCCCCCCC/C=C/CCCCCCCC)N(C)CCC[N+](C)(C)C. The highest BCUT2D eigenvalue weighted by Gasteiger charge is 2.30. The topological polar surface area (TPSA) is 38.8 Å². The van der Waals surface area contributed by atoms with E-state index in [0.29, 0.717) is 13.2 Å². The van der Waals surface area contributed by atoms with Crippen molar-refractivity contribution in [3.63, 3.8) is 0 Å². The number of nitrogens with zero attached hydrogens (tertiary/aromatic N) is 2. The van der Waals surface area contributed by atoms with Crippen LogP contribution in [-0.2, 0) is 13.6 Å². The van der Waals surface area contributed by atoms with Gasteiger partial charge in [0.2, 0.25) is 0 Å². The van der Waals surface area contributed by atoms with Crippen LogP contribution in [-0.4, -0.2) is 63.6 Å². The van der Waals surface area contributed by atoms with E-state index in [2.05, 4.69) is 59.3 Å². The molecule has 0 aromatic heterocycles. The highest BCUT2D eigenvalue weighted by molar-refractivity contribution is 7.51. The van der Waals surface area contributed by atoms with E-state index in [1.54, 1.807) is 0 Å². The number of hydrogen-bond donors (Lipinski definition) is 0. The van der Waals surface area contributed by atoms with Crippen molar-refractivity contribution < 1.29 is 18.1 Å². The minimum atomic E-state index is -3.26. The first-order valence-electron chi connectivity index (χ1n) is 21.5. The Morgan fingerprint density at radius 3 is 1.10 bits per heavy atom. The lowest BCUT2D eigenvalue weighted by Gasteiger charge is -2.29. The van der Waals surface area contributed by atoms with E-state index >= 15 is 0 Å². The van der Waals surface area contributed by atoms with Crippen LogP contribution in [0.3, 0.4) is 0 Å². The second-order valence-corrected chi connectivity index (χ2v) is 17.9. The van der Waals surface area contributed by atoms with Crippen LogP contribution in [0, 0.1) is 0 Å². The summed E-state index contributed by atoms with van der Waals surface area (Å²) in [6.45, 7) is 7.37. The predicted molar refractivity (Wildman–Crippen MR) is 219 cm³/mol. The van der Waals surface area contributed by atoms with Crippen molar-refractivity contribution in [1.82, 2.24) is 4.67 Å². The molecule has 0 saturated heterocycles. The first kappa shape index (κ1) is 48.5. The molecule has 0 atom stereocenters. The van der Waals surface area contributed by atoms with Gasteiger partial charge in [-0.05, 0) is 71.3 Å². The molecule has 0 amide bonds. The van der Waals surface area contributed by atoms with Crippen LogP contribution < -0.4 is 0 Å². The van der Waals surface area contributed by atoms with Crippen molar-refractivity contribution in [3.8, 4) is 0 Å². The zero-order valence-electron chi connectivity index (χ0n) is 34.2. The molecule has 6 heteroatoms. The molecule has 0 aliphatic carbocycles. The Kier molecular flexibility index (Phi) is 35.6. The lowest BCUT2D eigenvalue weighted by atomic mass is 10.1. The maximum absolute atomic E-state index is 13.9. The van der Waals surface area contributed by atoms with Crippen LogP contribution >= 0.6 is 7.75 Å². The molecule has 5 nitrogen and oxygen atoms in total. The van der Waals surface area contributed by atoms with Crippen molar-refractivity contribution in [2.75, 3.05) is 54.5 Å². The van der Waals surface area contributed by atoms with Gasteiger partial charge < -0.3 is 4.48 Å². The average Bonchev–Trinajstić information content (AvgIpc) is 3.07. The highest BCUT2D eigenvalue weighted by atomic mass is 31.2. The molecule has 0 aromatic carbocycles. The van der Waals surface area contributed by atoms with Crippen LogP contribution in [0.25, 0.3) is 0 Å². The molecule has 292 valence electrons. The van der Waals surface area contributed by atoms with E-state index < -0.39 is 7.75 Å². The van der Waals surface area contributed by atoms with Gasteiger partial charge in [-0.15, -0.1) is 0 Å². The number of rotatable bonds is 39. The van der Waals surface area contributed by atoms with E-state index in [9.17, 15) is 4.57 Å². The molecule has 0 unspecified atom stereocenters. The molecule has 0 aliphatic rings. The molecule has 0 heterocycles. The maximum Gasteiger partial charge on any atom is 0.407 e. The number of hydrogen-bond acceptors (Lipinski definition) is 3. The van der Waals surface area contributed by atoms with Gasteiger partial charge in [-0.1, -0.05) is 154 Å². The Balaban J connectivity index is 4.10. The Morgan fingerprint density at radius 1 is 0.469 bits per heavy atom. The summed E-state index contributed by atoms with van der Waals surface area (Å²) in [4.78, 5) is 0. The van der Waals surface area contributed by atoms with Gasteiger partial charge in [-0.25, -0.2) is 9.24 Å². The fraction of sp³-hybridized carbons (Fsp3) is 0.907. The monoisotopic (exact) mass is 712 g/mol. The summed E-state index contributed by atoms with van der Waals surface area (Å²) in [6.07, 6.45) is 46.4. The lowest BCUT2D eigenvalue weighted by molar-refractivity contribution is -0.870. The molecule has 0 fully saturated rings. The van der Waals surface area contributed by atoms with E-state index in [1.165, 1.54) is 154 Å². The number of quaternary nitrogens is 1. The minimum absolute atomic E-state index is 0.519.